The van der Waals surface area contributed by atoms with Crippen molar-refractivity contribution in [2.75, 3.05) is 21.3 Å². The normalized spacial score (nSPS) is 14.3. The van der Waals surface area contributed by atoms with Crippen LogP contribution in [0.3, 0.4) is 0 Å². The van der Waals surface area contributed by atoms with Gasteiger partial charge in [0, 0.05) is 74.7 Å². The third-order valence-corrected chi connectivity index (χ3v) is 26.6. The van der Waals surface area contributed by atoms with Crippen molar-refractivity contribution < 1.29 is 59.2 Å². The molecular weight excluding hydrogens is 1750 g/mol. The standard InChI is InChI=1S/C29H30FN3O2.C28H26FN3O3.2C28H28FN3O2/c1-18-15-19(2)26(20(3)16-18)32-29(34)25-14-13-24(35-25)28-27(21-9-11-22(30)12-10-21)31-17-33(28)23-7-5-4-6-8-23;1-18(33)20-6-5-7-22(16-20)31-28(34)25-15-14-24(35-25)27-26(19-10-12-21(29)13-11-19)30-17-32(27)23-8-3-2-4-9-23;1-18-8-13-22(16-19(18)2)31-28(33)25-15-14-24(34-25)27-26(20-9-11-21(29)12-10-20)30-17-32(27)23-6-4-3-5-7-23;1-2-19-7-6-8-22(17-19)31-28(33)25-16-15-24(34-25)27-26(20-11-13-21(29)14-12-20)30-18-32(27)23-9-4-3-5-10-23/h9-17,23H,4-8H2,1-3H3,(H,32,34);5-7,10-17,23H,2-4,8-9H2,1H3,(H,31,34);8-17,23H,3-7H2,1-2H3,(H,31,33);6-8,11-18,23H,2-5,9-10H2,1H3,(H,31,33). The number of ketones is 1. The summed E-state index contributed by atoms with van der Waals surface area (Å²) in [4.78, 5) is 82.2. The Balaban J connectivity index is 0.000000127. The van der Waals surface area contributed by atoms with Crippen LogP contribution in [0, 0.1) is 57.9 Å². The molecular formula is C113H112F4N12O9. The number of halogens is 4. The van der Waals surface area contributed by atoms with Crippen LogP contribution in [0.4, 0.5) is 40.3 Å². The number of furan rings is 4. The van der Waals surface area contributed by atoms with E-state index < -0.39 is 5.91 Å². The molecule has 0 atom stereocenters. The average molecular weight is 1860 g/mol. The summed E-state index contributed by atoms with van der Waals surface area (Å²) in [6.07, 6.45) is 31.1. The number of Topliss-reactive ketones (excluding diaryl/α,β-unsaturated/α-hetero) is 1. The number of benzene rings is 8. The fourth-order valence-corrected chi connectivity index (χ4v) is 19.2. The SMILES string of the molecule is CC(=O)c1cccc(NC(=O)c2ccc(-c3c(-c4ccc(F)cc4)ncn3C3CCCCC3)o2)c1.CCc1cccc(NC(=O)c2ccc(-c3c(-c4ccc(F)cc4)ncn3C3CCCCC3)o2)c1.Cc1cc(C)c(NC(=O)c2ccc(-c3c(-c4ccc(F)cc4)ncn3C3CCCCC3)o2)c(C)c1.Cc1ccc(NC(=O)c2ccc(-c3c(-c4ccc(F)cc4)ncn3C3CCCCC3)o2)cc1C. The third-order valence-electron chi connectivity index (χ3n) is 26.6. The Labute approximate surface area is 799 Å². The first-order valence-corrected chi connectivity index (χ1v) is 47.8. The van der Waals surface area contributed by atoms with Gasteiger partial charge in [-0.15, -0.1) is 0 Å². The minimum absolute atomic E-state index is 0.0781. The fraction of sp³-hybridized carbons (Fsp3) is 0.283. The van der Waals surface area contributed by atoms with Gasteiger partial charge in [0.15, 0.2) is 51.9 Å². The molecule has 4 aliphatic carbocycles. The summed E-state index contributed by atoms with van der Waals surface area (Å²) in [6, 6.07) is 64.9. The van der Waals surface area contributed by atoms with E-state index in [0.717, 1.165) is 178 Å². The lowest BCUT2D eigenvalue weighted by molar-refractivity contribution is 0.0990. The predicted octanol–water partition coefficient (Wildman–Crippen LogP) is 29.1. The van der Waals surface area contributed by atoms with Crippen molar-refractivity contribution in [2.24, 2.45) is 0 Å². The fourth-order valence-electron chi connectivity index (χ4n) is 19.2. The van der Waals surface area contributed by atoms with Crippen LogP contribution < -0.4 is 21.3 Å². The number of nitrogens with one attached hydrogen (secondary N) is 4. The van der Waals surface area contributed by atoms with Crippen molar-refractivity contribution in [1.82, 2.24) is 38.2 Å². The Morgan fingerprint density at radius 2 is 0.616 bits per heavy atom. The van der Waals surface area contributed by atoms with Gasteiger partial charge in [-0.05, 0) is 309 Å². The number of aromatic nitrogens is 8. The van der Waals surface area contributed by atoms with Gasteiger partial charge in [0.25, 0.3) is 23.6 Å². The maximum Gasteiger partial charge on any atom is 0.291 e. The zero-order valence-corrected chi connectivity index (χ0v) is 78.6. The topological polar surface area (TPSA) is 257 Å². The van der Waals surface area contributed by atoms with Crippen molar-refractivity contribution >= 4 is 52.2 Å². The number of nitrogens with zero attached hydrogens (tertiary/aromatic N) is 8. The van der Waals surface area contributed by atoms with E-state index in [1.165, 1.54) is 125 Å². The van der Waals surface area contributed by atoms with E-state index in [2.05, 4.69) is 61.4 Å². The number of hydrogen-bond donors (Lipinski definition) is 4. The molecule has 4 fully saturated rings. The highest BCUT2D eigenvalue weighted by molar-refractivity contribution is 6.06. The van der Waals surface area contributed by atoms with Crippen LogP contribution >= 0.6 is 0 Å². The minimum atomic E-state index is -0.413. The summed E-state index contributed by atoms with van der Waals surface area (Å²) in [7, 11) is 0. The first-order valence-electron chi connectivity index (χ1n) is 47.8. The largest absolute Gasteiger partial charge is 0.449 e. The van der Waals surface area contributed by atoms with Gasteiger partial charge in [-0.1, -0.05) is 132 Å². The quantitative estimate of drug-likeness (QED) is 0.0364. The highest BCUT2D eigenvalue weighted by atomic mass is 19.1. The maximum atomic E-state index is 13.6. The van der Waals surface area contributed by atoms with Crippen LogP contribution in [0.1, 0.15) is 252 Å². The molecule has 0 bridgehead atoms. The molecule has 4 amide bonds. The van der Waals surface area contributed by atoms with Gasteiger partial charge in [0.1, 0.15) is 46.0 Å². The van der Waals surface area contributed by atoms with Crippen LogP contribution in [0.15, 0.2) is 267 Å². The summed E-state index contributed by atoms with van der Waals surface area (Å²) < 4.78 is 87.2. The van der Waals surface area contributed by atoms with Gasteiger partial charge in [-0.3, -0.25) is 24.0 Å². The van der Waals surface area contributed by atoms with E-state index in [-0.39, 0.29) is 75.9 Å². The van der Waals surface area contributed by atoms with Gasteiger partial charge in [0.2, 0.25) is 0 Å². The molecule has 25 heteroatoms. The van der Waals surface area contributed by atoms with Gasteiger partial charge >= 0.3 is 0 Å². The van der Waals surface area contributed by atoms with Gasteiger partial charge in [0.05, 0.1) is 48.1 Å². The monoisotopic (exact) mass is 1860 g/mol. The number of rotatable bonds is 22. The molecule has 0 aliphatic heterocycles. The second-order valence-electron chi connectivity index (χ2n) is 36.3. The lowest BCUT2D eigenvalue weighted by Gasteiger charge is -2.24. The van der Waals surface area contributed by atoms with Crippen LogP contribution in [-0.4, -0.2) is 67.6 Å². The molecule has 16 aromatic rings. The van der Waals surface area contributed by atoms with Crippen molar-refractivity contribution in [3.63, 3.8) is 0 Å². The highest BCUT2D eigenvalue weighted by Crippen LogP contribution is 2.45. The number of hydrogen-bond acceptors (Lipinski definition) is 13. The lowest BCUT2D eigenvalue weighted by Crippen LogP contribution is -2.13. The summed E-state index contributed by atoms with van der Waals surface area (Å²) in [6.45, 7) is 13.6. The molecule has 0 spiro atoms. The van der Waals surface area contributed by atoms with E-state index in [0.29, 0.717) is 58.1 Å². The Hall–Kier alpha value is -15.0. The molecule has 4 saturated carbocycles. The second-order valence-corrected chi connectivity index (χ2v) is 36.3. The molecule has 706 valence electrons. The maximum absolute atomic E-state index is 13.6. The summed E-state index contributed by atoms with van der Waals surface area (Å²) >= 11 is 0. The van der Waals surface area contributed by atoms with Crippen LogP contribution in [0.5, 0.6) is 0 Å². The number of anilines is 4. The number of carbonyl (C=O) groups is 5. The van der Waals surface area contributed by atoms with E-state index in [9.17, 15) is 41.5 Å². The van der Waals surface area contributed by atoms with E-state index >= 15 is 0 Å². The molecule has 8 aromatic carbocycles. The number of carbonyl (C=O) groups excluding carboxylic acids is 5. The van der Waals surface area contributed by atoms with E-state index in [4.69, 9.17) is 22.7 Å². The molecule has 20 rings (SSSR count). The molecule has 0 radical (unpaired) electrons. The Kier molecular flexibility index (Phi) is 29.8. The Morgan fingerprint density at radius 3 is 0.920 bits per heavy atom. The van der Waals surface area contributed by atoms with Crippen molar-refractivity contribution in [3.8, 4) is 90.8 Å². The number of amides is 4. The van der Waals surface area contributed by atoms with Crippen molar-refractivity contribution in [1.29, 1.82) is 0 Å². The van der Waals surface area contributed by atoms with E-state index in [1.807, 2.05) is 133 Å². The van der Waals surface area contributed by atoms with Crippen LogP contribution in [0.2, 0.25) is 0 Å². The first-order chi connectivity index (χ1) is 67.0. The predicted molar refractivity (Wildman–Crippen MR) is 530 cm³/mol. The summed E-state index contributed by atoms with van der Waals surface area (Å²) in [5.74, 6) is 0.534. The second kappa shape index (κ2) is 43.3. The summed E-state index contributed by atoms with van der Waals surface area (Å²) in [5.41, 5.74) is 19.2. The third kappa shape index (κ3) is 22.2. The van der Waals surface area contributed by atoms with Gasteiger partial charge < -0.3 is 57.2 Å². The number of aryl methyl sites for hydroxylation is 6. The van der Waals surface area contributed by atoms with E-state index in [1.54, 1.807) is 103 Å². The molecule has 138 heavy (non-hydrogen) atoms. The zero-order valence-electron chi connectivity index (χ0n) is 78.6. The molecule has 4 aliphatic rings. The van der Waals surface area contributed by atoms with Crippen molar-refractivity contribution in [3.05, 3.63) is 335 Å². The van der Waals surface area contributed by atoms with Crippen LogP contribution in [-0.2, 0) is 6.42 Å². The number of imidazole rings is 4. The highest BCUT2D eigenvalue weighted by Gasteiger charge is 2.32. The molecule has 4 N–H and O–H groups in total. The smallest absolute Gasteiger partial charge is 0.291 e. The molecule has 8 heterocycles. The average Bonchev–Trinajstić information content (AvgIpc) is 1.64. The lowest BCUT2D eigenvalue weighted by atomic mass is 9.95. The van der Waals surface area contributed by atoms with Gasteiger partial charge in [-0.25, -0.2) is 37.5 Å². The van der Waals surface area contributed by atoms with Crippen LogP contribution in [0.25, 0.3) is 90.8 Å². The zero-order chi connectivity index (χ0) is 96.0. The summed E-state index contributed by atoms with van der Waals surface area (Å²) in [5, 5.41) is 11.7. The molecule has 21 nitrogen and oxygen atoms in total. The molecule has 0 unspecified atom stereocenters. The Morgan fingerprint density at radius 1 is 0.319 bits per heavy atom. The molecule has 0 saturated heterocycles. The molecule has 8 aromatic heterocycles. The van der Waals surface area contributed by atoms with Crippen molar-refractivity contribution in [2.45, 2.75) is 207 Å². The Bertz CT molecular complexity index is 6960. The minimum Gasteiger partial charge on any atom is -0.449 e. The first kappa shape index (κ1) is 94.7. The van der Waals surface area contributed by atoms with Gasteiger partial charge in [-0.2, -0.15) is 0 Å².